The molecule has 8 heteroatoms. The summed E-state index contributed by atoms with van der Waals surface area (Å²) >= 11 is 0. The van der Waals surface area contributed by atoms with Crippen molar-refractivity contribution in [3.8, 4) is 11.4 Å². The maximum Gasteiger partial charge on any atom is 0.200 e. The standard InChI is InChI=1S/C11H8F5N3/c1-2-3-4-17-11(19-18-4)5-6(12)8(14)10(16)9(15)7(5)13/h2-3H2,1H3,(H,17,18,19). The molecule has 0 amide bonds. The summed E-state index contributed by atoms with van der Waals surface area (Å²) < 4.78 is 65.8. The molecule has 0 saturated heterocycles. The topological polar surface area (TPSA) is 41.6 Å². The summed E-state index contributed by atoms with van der Waals surface area (Å²) in [6, 6.07) is 0. The van der Waals surface area contributed by atoms with E-state index in [9.17, 15) is 22.0 Å². The molecule has 0 aliphatic rings. The first kappa shape index (κ1) is 13.4. The minimum atomic E-state index is -2.21. The highest BCUT2D eigenvalue weighted by Gasteiger charge is 2.28. The monoisotopic (exact) mass is 277 g/mol. The summed E-state index contributed by atoms with van der Waals surface area (Å²) in [6.45, 7) is 1.83. The fourth-order valence-electron chi connectivity index (χ4n) is 1.56. The van der Waals surface area contributed by atoms with Gasteiger partial charge < -0.3 is 0 Å². The Kier molecular flexibility index (Phi) is 3.50. The number of benzene rings is 1. The Labute approximate surface area is 104 Å². The fourth-order valence-corrected chi connectivity index (χ4v) is 1.56. The fraction of sp³-hybridized carbons (Fsp3) is 0.273. The van der Waals surface area contributed by atoms with Crippen LogP contribution < -0.4 is 0 Å². The van der Waals surface area contributed by atoms with Crippen molar-refractivity contribution in [3.63, 3.8) is 0 Å². The van der Waals surface area contributed by atoms with Gasteiger partial charge in [0.15, 0.2) is 29.1 Å². The highest BCUT2D eigenvalue weighted by molar-refractivity contribution is 5.57. The number of H-pyrrole nitrogens is 1. The van der Waals surface area contributed by atoms with Gasteiger partial charge in [0.05, 0.1) is 5.56 Å². The number of hydrogen-bond acceptors (Lipinski definition) is 2. The predicted molar refractivity (Wildman–Crippen MR) is 55.6 cm³/mol. The van der Waals surface area contributed by atoms with Gasteiger partial charge in [-0.15, -0.1) is 0 Å². The summed E-state index contributed by atoms with van der Waals surface area (Å²) in [4.78, 5) is 3.70. The minimum Gasteiger partial charge on any atom is -0.263 e. The number of rotatable bonds is 3. The molecule has 102 valence electrons. The van der Waals surface area contributed by atoms with E-state index in [1.807, 2.05) is 6.92 Å². The van der Waals surface area contributed by atoms with Crippen LogP contribution in [0.2, 0.25) is 0 Å². The molecule has 1 aromatic carbocycles. The number of nitrogens with one attached hydrogen (secondary N) is 1. The molecular formula is C11H8F5N3. The second-order valence-corrected chi connectivity index (χ2v) is 3.80. The first-order chi connectivity index (χ1) is 8.97. The van der Waals surface area contributed by atoms with E-state index in [-0.39, 0.29) is 0 Å². The summed E-state index contributed by atoms with van der Waals surface area (Å²) in [5, 5.41) is 5.85. The molecule has 0 saturated carbocycles. The lowest BCUT2D eigenvalue weighted by molar-refractivity contribution is 0.381. The van der Waals surface area contributed by atoms with Gasteiger partial charge in [-0.3, -0.25) is 5.10 Å². The number of aromatic amines is 1. The first-order valence-corrected chi connectivity index (χ1v) is 5.40. The molecule has 3 nitrogen and oxygen atoms in total. The quantitative estimate of drug-likeness (QED) is 0.532. The lowest BCUT2D eigenvalue weighted by Gasteiger charge is -2.04. The Morgan fingerprint density at radius 3 is 1.95 bits per heavy atom. The minimum absolute atomic E-state index is 0.307. The molecule has 2 aromatic rings. The number of halogens is 5. The molecule has 0 spiro atoms. The van der Waals surface area contributed by atoms with E-state index < -0.39 is 40.5 Å². The van der Waals surface area contributed by atoms with Gasteiger partial charge in [-0.25, -0.2) is 26.9 Å². The van der Waals surface area contributed by atoms with Crippen LogP contribution in [-0.4, -0.2) is 15.2 Å². The molecule has 0 fully saturated rings. The van der Waals surface area contributed by atoms with Crippen LogP contribution in [0.25, 0.3) is 11.4 Å². The van der Waals surface area contributed by atoms with Gasteiger partial charge >= 0.3 is 0 Å². The Balaban J connectivity index is 2.61. The van der Waals surface area contributed by atoms with Crippen molar-refractivity contribution in [3.05, 3.63) is 34.9 Å². The van der Waals surface area contributed by atoms with Crippen LogP contribution in [0.5, 0.6) is 0 Å². The zero-order valence-corrected chi connectivity index (χ0v) is 9.70. The summed E-state index contributed by atoms with van der Waals surface area (Å²) in [7, 11) is 0. The summed E-state index contributed by atoms with van der Waals surface area (Å²) in [6.07, 6.45) is 1.13. The van der Waals surface area contributed by atoms with E-state index in [0.29, 0.717) is 18.7 Å². The van der Waals surface area contributed by atoms with Crippen molar-refractivity contribution in [2.24, 2.45) is 0 Å². The molecule has 1 aromatic heterocycles. The molecule has 0 aliphatic carbocycles. The van der Waals surface area contributed by atoms with E-state index in [1.165, 1.54) is 0 Å². The Morgan fingerprint density at radius 1 is 0.895 bits per heavy atom. The van der Waals surface area contributed by atoms with Gasteiger partial charge in [-0.2, -0.15) is 5.10 Å². The van der Waals surface area contributed by atoms with Crippen LogP contribution in [0, 0.1) is 29.1 Å². The van der Waals surface area contributed by atoms with E-state index in [1.54, 1.807) is 0 Å². The van der Waals surface area contributed by atoms with E-state index in [0.717, 1.165) is 0 Å². The third-order valence-corrected chi connectivity index (χ3v) is 2.45. The number of aryl methyl sites for hydroxylation is 1. The van der Waals surface area contributed by atoms with Crippen molar-refractivity contribution < 1.29 is 22.0 Å². The Hall–Kier alpha value is -1.99. The zero-order valence-electron chi connectivity index (χ0n) is 9.70. The maximum atomic E-state index is 13.5. The Morgan fingerprint density at radius 2 is 1.42 bits per heavy atom. The number of hydrogen-bond donors (Lipinski definition) is 1. The largest absolute Gasteiger partial charge is 0.263 e. The Bertz CT molecular complexity index is 594. The van der Waals surface area contributed by atoms with Crippen LogP contribution in [0.1, 0.15) is 19.2 Å². The van der Waals surface area contributed by atoms with E-state index >= 15 is 0 Å². The lowest BCUT2D eigenvalue weighted by atomic mass is 10.1. The van der Waals surface area contributed by atoms with Crippen LogP contribution in [-0.2, 0) is 6.42 Å². The highest BCUT2D eigenvalue weighted by Crippen LogP contribution is 2.29. The average Bonchev–Trinajstić information content (AvgIpc) is 2.83. The average molecular weight is 277 g/mol. The second kappa shape index (κ2) is 4.94. The molecule has 1 N–H and O–H groups in total. The molecule has 0 atom stereocenters. The van der Waals surface area contributed by atoms with E-state index in [2.05, 4.69) is 15.2 Å². The number of aromatic nitrogens is 3. The van der Waals surface area contributed by atoms with Crippen molar-refractivity contribution in [2.75, 3.05) is 0 Å². The van der Waals surface area contributed by atoms with Crippen molar-refractivity contribution in [1.29, 1.82) is 0 Å². The van der Waals surface area contributed by atoms with Gasteiger partial charge in [0, 0.05) is 6.42 Å². The molecule has 0 unspecified atom stereocenters. The lowest BCUT2D eigenvalue weighted by Crippen LogP contribution is -2.04. The number of nitrogens with zero attached hydrogens (tertiary/aromatic N) is 2. The molecular weight excluding hydrogens is 269 g/mol. The van der Waals surface area contributed by atoms with Crippen molar-refractivity contribution >= 4 is 0 Å². The second-order valence-electron chi connectivity index (χ2n) is 3.80. The van der Waals surface area contributed by atoms with Gasteiger partial charge in [-0.1, -0.05) is 6.92 Å². The third kappa shape index (κ3) is 2.18. The summed E-state index contributed by atoms with van der Waals surface area (Å²) in [5.41, 5.74) is -1.13. The first-order valence-electron chi connectivity index (χ1n) is 5.40. The molecule has 1 heterocycles. The third-order valence-electron chi connectivity index (χ3n) is 2.45. The highest BCUT2D eigenvalue weighted by atomic mass is 19.2. The zero-order chi connectivity index (χ0) is 14.2. The normalized spacial score (nSPS) is 11.1. The molecule has 0 radical (unpaired) electrons. The van der Waals surface area contributed by atoms with Gasteiger partial charge in [0.1, 0.15) is 5.82 Å². The van der Waals surface area contributed by atoms with Crippen molar-refractivity contribution in [2.45, 2.75) is 19.8 Å². The maximum absolute atomic E-state index is 13.5. The summed E-state index contributed by atoms with van der Waals surface area (Å²) in [5.74, 6) is -10.4. The predicted octanol–water partition coefficient (Wildman–Crippen LogP) is 3.12. The molecule has 2 rings (SSSR count). The van der Waals surface area contributed by atoms with Gasteiger partial charge in [-0.05, 0) is 6.42 Å². The van der Waals surface area contributed by atoms with Crippen LogP contribution >= 0.6 is 0 Å². The smallest absolute Gasteiger partial charge is 0.200 e. The van der Waals surface area contributed by atoms with Gasteiger partial charge in [0.2, 0.25) is 5.82 Å². The van der Waals surface area contributed by atoms with Crippen molar-refractivity contribution in [1.82, 2.24) is 15.2 Å². The van der Waals surface area contributed by atoms with Crippen LogP contribution in [0.4, 0.5) is 22.0 Å². The van der Waals surface area contributed by atoms with Gasteiger partial charge in [0.25, 0.3) is 0 Å². The molecule has 0 aliphatic heterocycles. The van der Waals surface area contributed by atoms with Crippen LogP contribution in [0.15, 0.2) is 0 Å². The molecule has 19 heavy (non-hydrogen) atoms. The molecule has 0 bridgehead atoms. The SMILES string of the molecule is CCCc1nc(-c2c(F)c(F)c(F)c(F)c2F)n[nH]1. The van der Waals surface area contributed by atoms with Crippen LogP contribution in [0.3, 0.4) is 0 Å². The van der Waals surface area contributed by atoms with E-state index in [4.69, 9.17) is 0 Å².